The summed E-state index contributed by atoms with van der Waals surface area (Å²) in [7, 11) is 3.87. The Morgan fingerprint density at radius 3 is 2.31 bits per heavy atom. The van der Waals surface area contributed by atoms with Crippen LogP contribution in [0.2, 0.25) is 0 Å². The molecule has 0 N–H and O–H groups in total. The number of nitrogens with zero attached hydrogens (tertiary/aromatic N) is 4. The molecule has 3 heterocycles. The first-order chi connectivity index (χ1) is 16.8. The van der Waals surface area contributed by atoms with E-state index in [0.29, 0.717) is 31.6 Å². The molecule has 3 aliphatic rings. The number of amides is 3. The molecule has 0 saturated carbocycles. The van der Waals surface area contributed by atoms with E-state index in [4.69, 9.17) is 4.74 Å². The summed E-state index contributed by atoms with van der Waals surface area (Å²) in [6.45, 7) is 1.53. The third-order valence-corrected chi connectivity index (χ3v) is 7.10. The van der Waals surface area contributed by atoms with Crippen LogP contribution in [0.5, 0.6) is 0 Å². The van der Waals surface area contributed by atoms with Gasteiger partial charge in [0.1, 0.15) is 17.9 Å². The van der Waals surface area contributed by atoms with Crippen molar-refractivity contribution in [1.82, 2.24) is 14.7 Å². The lowest BCUT2D eigenvalue weighted by Crippen LogP contribution is -2.69. The number of carbonyl (C=O) groups is 3. The average molecular weight is 481 g/mol. The molecule has 3 amide bonds. The summed E-state index contributed by atoms with van der Waals surface area (Å²) >= 11 is 0. The van der Waals surface area contributed by atoms with Crippen molar-refractivity contribution in [2.24, 2.45) is 0 Å². The van der Waals surface area contributed by atoms with Crippen molar-refractivity contribution in [3.05, 3.63) is 65.5 Å². The van der Waals surface area contributed by atoms with Crippen LogP contribution in [-0.4, -0.2) is 90.9 Å². The zero-order chi connectivity index (χ0) is 24.7. The second-order valence-corrected chi connectivity index (χ2v) is 9.54. The van der Waals surface area contributed by atoms with Crippen molar-refractivity contribution in [2.45, 2.75) is 31.2 Å². The Labute approximate surface area is 203 Å². The SMILES string of the molecule is CN(C)c1ccc(C(=O)N2CCN3C(=O)C4CC(OCc5ccc(F)cc5)CN4C(=O)C3C2)cc1. The molecule has 3 atom stereocenters. The minimum Gasteiger partial charge on any atom is -0.378 e. The Hall–Kier alpha value is -3.46. The smallest absolute Gasteiger partial charge is 0.254 e. The van der Waals surface area contributed by atoms with Crippen LogP contribution < -0.4 is 4.90 Å². The topological polar surface area (TPSA) is 73.4 Å². The van der Waals surface area contributed by atoms with E-state index < -0.39 is 12.1 Å². The van der Waals surface area contributed by atoms with Gasteiger partial charge in [-0.25, -0.2) is 4.39 Å². The van der Waals surface area contributed by atoms with Crippen molar-refractivity contribution in [1.29, 1.82) is 0 Å². The number of ether oxygens (including phenoxy) is 1. The molecule has 0 radical (unpaired) electrons. The predicted octanol–water partition coefficient (Wildman–Crippen LogP) is 1.74. The van der Waals surface area contributed by atoms with Crippen LogP contribution in [0.25, 0.3) is 0 Å². The van der Waals surface area contributed by atoms with Crippen molar-refractivity contribution in [2.75, 3.05) is 45.2 Å². The molecular weight excluding hydrogens is 451 g/mol. The number of piperazine rings is 2. The van der Waals surface area contributed by atoms with Gasteiger partial charge in [-0.1, -0.05) is 12.1 Å². The molecule has 2 aromatic rings. The maximum Gasteiger partial charge on any atom is 0.254 e. The van der Waals surface area contributed by atoms with E-state index in [1.165, 1.54) is 12.1 Å². The van der Waals surface area contributed by atoms with E-state index in [1.807, 2.05) is 31.1 Å². The van der Waals surface area contributed by atoms with Crippen LogP contribution in [0.1, 0.15) is 22.3 Å². The molecule has 5 rings (SSSR count). The molecule has 2 aromatic carbocycles. The van der Waals surface area contributed by atoms with Crippen LogP contribution in [0.15, 0.2) is 48.5 Å². The summed E-state index contributed by atoms with van der Waals surface area (Å²) in [6, 6.07) is 12.2. The zero-order valence-corrected chi connectivity index (χ0v) is 19.9. The predicted molar refractivity (Wildman–Crippen MR) is 127 cm³/mol. The third-order valence-electron chi connectivity index (χ3n) is 7.10. The first kappa shape index (κ1) is 23.3. The third kappa shape index (κ3) is 4.48. The lowest BCUT2D eigenvalue weighted by molar-refractivity contribution is -0.162. The second kappa shape index (κ2) is 9.30. The fraction of sp³-hybridized carbons (Fsp3) is 0.423. The van der Waals surface area contributed by atoms with Gasteiger partial charge in [0, 0.05) is 51.4 Å². The van der Waals surface area contributed by atoms with Crippen molar-refractivity contribution >= 4 is 23.4 Å². The summed E-state index contributed by atoms with van der Waals surface area (Å²) in [5.74, 6) is -0.662. The van der Waals surface area contributed by atoms with E-state index in [-0.39, 0.29) is 42.8 Å². The normalized spacial score (nSPS) is 23.9. The Morgan fingerprint density at radius 1 is 0.943 bits per heavy atom. The highest BCUT2D eigenvalue weighted by Gasteiger charge is 2.52. The Kier molecular flexibility index (Phi) is 6.19. The van der Waals surface area contributed by atoms with E-state index >= 15 is 0 Å². The molecule has 0 bridgehead atoms. The largest absolute Gasteiger partial charge is 0.378 e. The van der Waals surface area contributed by atoms with Gasteiger partial charge in [-0.05, 0) is 42.0 Å². The number of hydrogen-bond acceptors (Lipinski definition) is 5. The standard InChI is InChI=1S/C26H29FN4O4/c1-28(2)20-9-5-18(6-10-20)24(32)29-11-12-30-23(15-29)26(34)31-14-21(13-22(31)25(30)33)35-16-17-3-7-19(27)8-4-17/h3-10,21-23H,11-16H2,1-2H3. The zero-order valence-electron chi connectivity index (χ0n) is 19.9. The van der Waals surface area contributed by atoms with Crippen LogP contribution in [0, 0.1) is 5.82 Å². The Balaban J connectivity index is 1.24. The van der Waals surface area contributed by atoms with Crippen molar-refractivity contribution in [3.8, 4) is 0 Å². The van der Waals surface area contributed by atoms with Gasteiger partial charge in [-0.15, -0.1) is 0 Å². The molecule has 3 aliphatic heterocycles. The lowest BCUT2D eigenvalue weighted by atomic mass is 10.0. The molecule has 3 saturated heterocycles. The molecule has 9 heteroatoms. The summed E-state index contributed by atoms with van der Waals surface area (Å²) in [5.41, 5.74) is 2.39. The van der Waals surface area contributed by atoms with Gasteiger partial charge in [0.25, 0.3) is 5.91 Å². The highest BCUT2D eigenvalue weighted by Crippen LogP contribution is 2.31. The van der Waals surface area contributed by atoms with E-state index in [0.717, 1.165) is 11.3 Å². The minimum absolute atomic E-state index is 0.0788. The van der Waals surface area contributed by atoms with E-state index in [9.17, 15) is 18.8 Å². The number of benzene rings is 2. The maximum atomic E-state index is 13.4. The lowest BCUT2D eigenvalue weighted by Gasteiger charge is -2.47. The van der Waals surface area contributed by atoms with Crippen molar-refractivity contribution in [3.63, 3.8) is 0 Å². The summed E-state index contributed by atoms with van der Waals surface area (Å²) in [5, 5.41) is 0. The molecule has 184 valence electrons. The molecular formula is C26H29FN4O4. The monoisotopic (exact) mass is 480 g/mol. The first-order valence-electron chi connectivity index (χ1n) is 11.9. The number of rotatable bonds is 5. The molecule has 0 aromatic heterocycles. The van der Waals surface area contributed by atoms with Crippen LogP contribution in [0.4, 0.5) is 10.1 Å². The molecule has 3 unspecified atom stereocenters. The van der Waals surface area contributed by atoms with Gasteiger partial charge >= 0.3 is 0 Å². The highest BCUT2D eigenvalue weighted by atomic mass is 19.1. The molecule has 8 nitrogen and oxygen atoms in total. The first-order valence-corrected chi connectivity index (χ1v) is 11.9. The van der Waals surface area contributed by atoms with Crippen LogP contribution in [0.3, 0.4) is 0 Å². The van der Waals surface area contributed by atoms with E-state index in [2.05, 4.69) is 0 Å². The number of halogens is 1. The van der Waals surface area contributed by atoms with Gasteiger partial charge in [0.05, 0.1) is 19.3 Å². The van der Waals surface area contributed by atoms with Crippen molar-refractivity contribution < 1.29 is 23.5 Å². The number of hydrogen-bond donors (Lipinski definition) is 0. The molecule has 0 spiro atoms. The molecule has 0 aliphatic carbocycles. The number of fused-ring (bicyclic) bond motifs is 2. The van der Waals surface area contributed by atoms with Gasteiger partial charge < -0.3 is 24.3 Å². The van der Waals surface area contributed by atoms with Gasteiger partial charge in [0.2, 0.25) is 11.8 Å². The number of carbonyl (C=O) groups excluding carboxylic acids is 3. The van der Waals surface area contributed by atoms with Gasteiger partial charge in [-0.2, -0.15) is 0 Å². The Morgan fingerprint density at radius 2 is 1.63 bits per heavy atom. The minimum atomic E-state index is -0.673. The van der Waals surface area contributed by atoms with E-state index in [1.54, 1.807) is 39.0 Å². The van der Waals surface area contributed by atoms with Crippen LogP contribution in [-0.2, 0) is 20.9 Å². The summed E-state index contributed by atoms with van der Waals surface area (Å²) < 4.78 is 19.1. The van der Waals surface area contributed by atoms with Crippen LogP contribution >= 0.6 is 0 Å². The number of anilines is 1. The average Bonchev–Trinajstić information content (AvgIpc) is 3.31. The molecule has 3 fully saturated rings. The highest BCUT2D eigenvalue weighted by molar-refractivity contribution is 5.99. The fourth-order valence-electron chi connectivity index (χ4n) is 5.10. The quantitative estimate of drug-likeness (QED) is 0.652. The summed E-state index contributed by atoms with van der Waals surface area (Å²) in [4.78, 5) is 46.5. The van der Waals surface area contributed by atoms with Gasteiger partial charge in [-0.3, -0.25) is 14.4 Å². The maximum absolute atomic E-state index is 13.4. The summed E-state index contributed by atoms with van der Waals surface area (Å²) in [6.07, 6.45) is 0.169. The van der Waals surface area contributed by atoms with Gasteiger partial charge in [0.15, 0.2) is 0 Å². The Bertz CT molecular complexity index is 1120. The molecule has 35 heavy (non-hydrogen) atoms. The second-order valence-electron chi connectivity index (χ2n) is 9.54. The fourth-order valence-corrected chi connectivity index (χ4v) is 5.10.